The molecule has 0 saturated carbocycles. The molecule has 0 bridgehead atoms. The fourth-order valence-electron chi connectivity index (χ4n) is 1.20. The fraction of sp³-hybridized carbons (Fsp3) is 0.933. The summed E-state index contributed by atoms with van der Waals surface area (Å²) in [5, 5.41) is 0. The number of guanidine groups is 1. The molecule has 3 heteroatoms. The van der Waals surface area contributed by atoms with E-state index in [1.807, 2.05) is 56.1 Å². The second-order valence-corrected chi connectivity index (χ2v) is 5.98. The third-order valence-corrected chi connectivity index (χ3v) is 1.20. The van der Waals surface area contributed by atoms with Crippen molar-refractivity contribution in [3.8, 4) is 0 Å². The van der Waals surface area contributed by atoms with Crippen molar-refractivity contribution in [2.24, 2.45) is 5.41 Å². The lowest BCUT2D eigenvalue weighted by atomic mass is 10.0. The van der Waals surface area contributed by atoms with E-state index in [9.17, 15) is 0 Å². The molecule has 0 radical (unpaired) electrons. The summed E-state index contributed by atoms with van der Waals surface area (Å²) >= 11 is 0. The Morgan fingerprint density at radius 2 is 0.944 bits per heavy atom. The molecule has 0 aliphatic heterocycles. The van der Waals surface area contributed by atoms with Gasteiger partial charge in [-0.1, -0.05) is 49.0 Å². The minimum Gasteiger partial charge on any atom is -0.270 e. The second-order valence-electron chi connectivity index (χ2n) is 5.98. The van der Waals surface area contributed by atoms with Gasteiger partial charge in [0, 0.05) is 0 Å². The highest BCUT2D eigenvalue weighted by atomic mass is 15.4. The Labute approximate surface area is 117 Å². The predicted octanol–water partition coefficient (Wildman–Crippen LogP) is 3.45. The highest BCUT2D eigenvalue weighted by Gasteiger charge is 2.12. The summed E-state index contributed by atoms with van der Waals surface area (Å²) in [5.74, 6) is 1.19. The van der Waals surface area contributed by atoms with Gasteiger partial charge in [-0.3, -0.25) is 14.4 Å². The number of nitrogens with zero attached hydrogens (tertiary/aromatic N) is 3. The first-order valence-corrected chi connectivity index (χ1v) is 6.35. The highest BCUT2D eigenvalue weighted by molar-refractivity contribution is 5.73. The first-order chi connectivity index (χ1) is 7.46. The van der Waals surface area contributed by atoms with Gasteiger partial charge in [-0.05, 0) is 5.41 Å². The molecule has 0 amide bonds. The van der Waals surface area contributed by atoms with E-state index in [1.54, 1.807) is 0 Å². The van der Waals surface area contributed by atoms with Gasteiger partial charge in [0.15, 0.2) is 0 Å². The topological polar surface area (TPSA) is 9.49 Å². The predicted molar refractivity (Wildman–Crippen MR) is 87.7 cm³/mol. The van der Waals surface area contributed by atoms with Gasteiger partial charge in [-0.15, -0.1) is 0 Å². The molecule has 0 saturated heterocycles. The van der Waals surface area contributed by atoms with E-state index in [2.05, 4.69) is 42.1 Å². The molecule has 0 aromatic carbocycles. The van der Waals surface area contributed by atoms with Gasteiger partial charge in [-0.25, -0.2) is 0 Å². The average Bonchev–Trinajstić information content (AvgIpc) is 2.01. The summed E-state index contributed by atoms with van der Waals surface area (Å²) in [6.07, 6.45) is 0. The van der Waals surface area contributed by atoms with Crippen molar-refractivity contribution in [1.82, 2.24) is 9.80 Å². The van der Waals surface area contributed by atoms with Gasteiger partial charge >= 0.3 is 5.96 Å². The molecule has 0 rings (SSSR count). The van der Waals surface area contributed by atoms with Gasteiger partial charge < -0.3 is 0 Å². The van der Waals surface area contributed by atoms with Crippen LogP contribution in [0.15, 0.2) is 0 Å². The van der Waals surface area contributed by atoms with Crippen molar-refractivity contribution in [2.75, 3.05) is 42.3 Å². The highest BCUT2D eigenvalue weighted by Crippen LogP contribution is 2.08. The molecular weight excluding hydrogens is 222 g/mol. The molecular formula is C15H40N3+. The van der Waals surface area contributed by atoms with Crippen molar-refractivity contribution < 1.29 is 4.58 Å². The molecule has 0 heterocycles. The summed E-state index contributed by atoms with van der Waals surface area (Å²) in [6.45, 7) is 12.8. The first-order valence-electron chi connectivity index (χ1n) is 6.35. The summed E-state index contributed by atoms with van der Waals surface area (Å²) in [7, 11) is 12.2. The van der Waals surface area contributed by atoms with Gasteiger partial charge in [0.1, 0.15) is 0 Å². The van der Waals surface area contributed by atoms with Crippen molar-refractivity contribution in [2.45, 2.75) is 49.0 Å². The zero-order valence-electron chi connectivity index (χ0n) is 14.3. The molecule has 0 aromatic rings. The molecule has 0 aliphatic rings. The van der Waals surface area contributed by atoms with Gasteiger partial charge in [0.2, 0.25) is 0 Å². The molecule has 18 heavy (non-hydrogen) atoms. The summed E-state index contributed by atoms with van der Waals surface area (Å²) in [5.41, 5.74) is 0.500. The first kappa shape index (κ1) is 26.0. The second kappa shape index (κ2) is 12.7. The molecule has 0 aliphatic carbocycles. The molecule has 114 valence electrons. The SMILES string of the molecule is C.CC.CC(C)(C)C.CN(C)C(N(C)C)=[N+](C)C. The van der Waals surface area contributed by atoms with Crippen LogP contribution < -0.4 is 0 Å². The smallest absolute Gasteiger partial charge is 0.270 e. The lowest BCUT2D eigenvalue weighted by molar-refractivity contribution is -0.475. The maximum atomic E-state index is 2.19. The van der Waals surface area contributed by atoms with E-state index in [1.165, 1.54) is 5.96 Å². The monoisotopic (exact) mass is 262 g/mol. The van der Waals surface area contributed by atoms with E-state index in [0.29, 0.717) is 5.41 Å². The molecule has 0 fully saturated rings. The molecule has 0 unspecified atom stereocenters. The van der Waals surface area contributed by atoms with Crippen molar-refractivity contribution in [3.63, 3.8) is 0 Å². The molecule has 3 nitrogen and oxygen atoms in total. The van der Waals surface area contributed by atoms with Crippen molar-refractivity contribution in [1.29, 1.82) is 0 Å². The van der Waals surface area contributed by atoms with E-state index in [-0.39, 0.29) is 7.43 Å². The van der Waals surface area contributed by atoms with Crippen LogP contribution in [0.1, 0.15) is 49.0 Å². The zero-order chi connectivity index (χ0) is 14.8. The summed E-state index contributed by atoms with van der Waals surface area (Å²) in [4.78, 5) is 4.17. The van der Waals surface area contributed by atoms with Crippen LogP contribution in [0.4, 0.5) is 0 Å². The van der Waals surface area contributed by atoms with Gasteiger partial charge in [0.05, 0.1) is 42.3 Å². The standard InChI is InChI=1S/C7H18N3.C5H12.C2H6.CH4/c1-8(2)7(9(3)4)10(5)6;1-5(2,3)4;1-2;/h1-6H3;1-4H3;1-2H3;1H4/q+1;;;. The maximum Gasteiger partial charge on any atom is 0.349 e. The minimum atomic E-state index is 0. The molecule has 0 aromatic heterocycles. The normalized spacial score (nSPS) is 8.67. The van der Waals surface area contributed by atoms with E-state index >= 15 is 0 Å². The third kappa shape index (κ3) is 24.5. The minimum absolute atomic E-state index is 0. The average molecular weight is 263 g/mol. The Morgan fingerprint density at radius 3 is 0.944 bits per heavy atom. The zero-order valence-corrected chi connectivity index (χ0v) is 14.3. The number of rotatable bonds is 0. The van der Waals surface area contributed by atoms with Crippen LogP contribution in [0.3, 0.4) is 0 Å². The van der Waals surface area contributed by atoms with Crippen LogP contribution in [0.5, 0.6) is 0 Å². The Morgan fingerprint density at radius 1 is 0.778 bits per heavy atom. The van der Waals surface area contributed by atoms with Crippen LogP contribution in [-0.2, 0) is 0 Å². The van der Waals surface area contributed by atoms with E-state index in [0.717, 1.165) is 0 Å². The van der Waals surface area contributed by atoms with Crippen LogP contribution >= 0.6 is 0 Å². The van der Waals surface area contributed by atoms with Crippen LogP contribution in [0, 0.1) is 5.41 Å². The van der Waals surface area contributed by atoms with Gasteiger partial charge in [-0.2, -0.15) is 0 Å². The lowest BCUT2D eigenvalue weighted by Crippen LogP contribution is -2.40. The lowest BCUT2D eigenvalue weighted by Gasteiger charge is -2.16. The quantitative estimate of drug-likeness (QED) is 0.376. The molecule has 0 N–H and O–H groups in total. The van der Waals surface area contributed by atoms with Crippen LogP contribution in [0.25, 0.3) is 0 Å². The fourth-order valence-corrected chi connectivity index (χ4v) is 1.20. The van der Waals surface area contributed by atoms with Crippen LogP contribution in [-0.4, -0.2) is 62.6 Å². The van der Waals surface area contributed by atoms with E-state index in [4.69, 9.17) is 0 Å². The number of hydrogen-bond donors (Lipinski definition) is 0. The van der Waals surface area contributed by atoms with Crippen molar-refractivity contribution in [3.05, 3.63) is 0 Å². The Kier molecular flexibility index (Phi) is 18.3. The molecule has 0 atom stereocenters. The number of hydrogen-bond acceptors (Lipinski definition) is 0. The Bertz CT molecular complexity index is 178. The van der Waals surface area contributed by atoms with Crippen LogP contribution in [0.2, 0.25) is 0 Å². The third-order valence-electron chi connectivity index (χ3n) is 1.20. The maximum absolute atomic E-state index is 2.19. The Balaban J connectivity index is -0.000000105. The Hall–Kier alpha value is -0.730. The largest absolute Gasteiger partial charge is 0.349 e. The summed E-state index contributed by atoms with van der Waals surface area (Å²) in [6, 6.07) is 0. The van der Waals surface area contributed by atoms with Gasteiger partial charge in [0.25, 0.3) is 0 Å². The van der Waals surface area contributed by atoms with E-state index < -0.39 is 0 Å². The van der Waals surface area contributed by atoms with Crippen molar-refractivity contribution >= 4 is 5.96 Å². The summed E-state index contributed by atoms with van der Waals surface area (Å²) < 4.78 is 2.08. The molecule has 0 spiro atoms.